The highest BCUT2D eigenvalue weighted by Crippen LogP contribution is 2.49. The highest BCUT2D eigenvalue weighted by Gasteiger charge is 2.22. The minimum Gasteiger partial charge on any atom is -0.310 e. The molecule has 0 saturated heterocycles. The molecule has 0 spiro atoms. The van der Waals surface area contributed by atoms with Crippen molar-refractivity contribution in [2.24, 2.45) is 0 Å². The van der Waals surface area contributed by atoms with Gasteiger partial charge in [-0.15, -0.1) is 11.3 Å². The van der Waals surface area contributed by atoms with E-state index in [0.29, 0.717) is 0 Å². The predicted octanol–water partition coefficient (Wildman–Crippen LogP) is 15.3. The third kappa shape index (κ3) is 5.84. The minimum absolute atomic E-state index is 1.11. The van der Waals surface area contributed by atoms with Crippen LogP contribution in [-0.4, -0.2) is 0 Å². The summed E-state index contributed by atoms with van der Waals surface area (Å²) < 4.78 is 2.58. The summed E-state index contributed by atoms with van der Waals surface area (Å²) in [4.78, 5) is 2.43. The second-order valence-electron chi connectivity index (χ2n) is 13.7. The van der Waals surface area contributed by atoms with Crippen molar-refractivity contribution in [2.75, 3.05) is 4.90 Å². The molecule has 1 aromatic heterocycles. The maximum Gasteiger partial charge on any atom is 0.0547 e. The van der Waals surface area contributed by atoms with Gasteiger partial charge in [0.2, 0.25) is 0 Å². The largest absolute Gasteiger partial charge is 0.310 e. The van der Waals surface area contributed by atoms with Gasteiger partial charge in [-0.05, 0) is 98.2 Å². The normalized spacial score (nSPS) is 11.3. The summed E-state index contributed by atoms with van der Waals surface area (Å²) in [5, 5.41) is 5.08. The van der Waals surface area contributed by atoms with Crippen LogP contribution in [-0.2, 0) is 0 Å². The van der Waals surface area contributed by atoms with Crippen molar-refractivity contribution < 1.29 is 0 Å². The predicted molar refractivity (Wildman–Crippen MR) is 233 cm³/mol. The summed E-state index contributed by atoms with van der Waals surface area (Å²) in [6, 6.07) is 77.2. The number of hydrogen-bond donors (Lipinski definition) is 0. The molecule has 0 bridgehead atoms. The topological polar surface area (TPSA) is 3.24 Å². The highest BCUT2D eigenvalue weighted by atomic mass is 32.1. The molecule has 1 nitrogen and oxygen atoms in total. The molecule has 0 aliphatic heterocycles. The molecular weight excluding hydrogens is 671 g/mol. The fourth-order valence-corrected chi connectivity index (χ4v) is 8.89. The Morgan fingerprint density at radius 1 is 0.315 bits per heavy atom. The van der Waals surface area contributed by atoms with Crippen molar-refractivity contribution in [1.29, 1.82) is 0 Å². The first kappa shape index (κ1) is 32.0. The Morgan fingerprint density at radius 2 is 0.796 bits per heavy atom. The molecule has 2 heteroatoms. The Kier molecular flexibility index (Phi) is 8.09. The molecule has 0 radical (unpaired) electrons. The molecule has 9 aromatic carbocycles. The lowest BCUT2D eigenvalue weighted by molar-refractivity contribution is 1.29. The van der Waals surface area contributed by atoms with Crippen molar-refractivity contribution in [3.05, 3.63) is 212 Å². The number of thiophene rings is 1. The van der Waals surface area contributed by atoms with E-state index in [4.69, 9.17) is 0 Å². The molecule has 54 heavy (non-hydrogen) atoms. The average Bonchev–Trinajstić information content (AvgIpc) is 3.64. The number of benzene rings is 9. The van der Waals surface area contributed by atoms with E-state index in [1.807, 2.05) is 11.3 Å². The molecule has 254 valence electrons. The number of fused-ring (bicyclic) bond motifs is 4. The molecule has 0 fully saturated rings. The van der Waals surface area contributed by atoms with Gasteiger partial charge in [-0.1, -0.05) is 164 Å². The summed E-state index contributed by atoms with van der Waals surface area (Å²) in [5.41, 5.74) is 13.0. The lowest BCUT2D eigenvalue weighted by atomic mass is 9.94. The summed E-state index contributed by atoms with van der Waals surface area (Å²) in [7, 11) is 0. The van der Waals surface area contributed by atoms with Crippen molar-refractivity contribution in [2.45, 2.75) is 0 Å². The van der Waals surface area contributed by atoms with Crippen molar-refractivity contribution in [3.8, 4) is 44.5 Å². The van der Waals surface area contributed by atoms with E-state index in [2.05, 4.69) is 217 Å². The summed E-state index contributed by atoms with van der Waals surface area (Å²) in [6.45, 7) is 0. The Morgan fingerprint density at radius 3 is 1.44 bits per heavy atom. The Labute approximate surface area is 319 Å². The van der Waals surface area contributed by atoms with Crippen LogP contribution >= 0.6 is 11.3 Å². The van der Waals surface area contributed by atoms with Crippen LogP contribution in [0.1, 0.15) is 0 Å². The van der Waals surface area contributed by atoms with Crippen LogP contribution in [0.5, 0.6) is 0 Å². The summed E-state index contributed by atoms with van der Waals surface area (Å²) in [6.07, 6.45) is 0. The van der Waals surface area contributed by atoms with Gasteiger partial charge in [-0.3, -0.25) is 0 Å². The van der Waals surface area contributed by atoms with Crippen LogP contribution in [0.15, 0.2) is 212 Å². The van der Waals surface area contributed by atoms with E-state index in [1.54, 1.807) is 0 Å². The monoisotopic (exact) mass is 705 g/mol. The van der Waals surface area contributed by atoms with Crippen molar-refractivity contribution >= 4 is 59.3 Å². The van der Waals surface area contributed by atoms with E-state index in [0.717, 1.165) is 17.1 Å². The molecule has 0 atom stereocenters. The zero-order valence-corrected chi connectivity index (χ0v) is 30.4. The Bertz CT molecular complexity index is 2810. The first-order chi connectivity index (χ1) is 26.8. The van der Waals surface area contributed by atoms with Crippen molar-refractivity contribution in [3.63, 3.8) is 0 Å². The number of nitrogens with zero attached hydrogens (tertiary/aromatic N) is 1. The quantitative estimate of drug-likeness (QED) is 0.160. The van der Waals surface area contributed by atoms with Gasteiger partial charge in [-0.25, -0.2) is 0 Å². The zero-order chi connectivity index (χ0) is 35.8. The molecular formula is C52H35NS. The van der Waals surface area contributed by atoms with E-state index in [-0.39, 0.29) is 0 Å². The van der Waals surface area contributed by atoms with Gasteiger partial charge in [0.05, 0.1) is 5.69 Å². The lowest BCUT2D eigenvalue weighted by Gasteiger charge is -2.29. The molecule has 1 heterocycles. The third-order valence-corrected chi connectivity index (χ3v) is 11.6. The van der Waals surface area contributed by atoms with Crippen LogP contribution in [0.25, 0.3) is 75.5 Å². The first-order valence-corrected chi connectivity index (χ1v) is 19.2. The van der Waals surface area contributed by atoms with E-state index in [1.165, 1.54) is 75.5 Å². The molecule has 0 aliphatic rings. The average molecular weight is 706 g/mol. The second kappa shape index (κ2) is 13.7. The van der Waals surface area contributed by atoms with Gasteiger partial charge in [0.25, 0.3) is 0 Å². The van der Waals surface area contributed by atoms with E-state index >= 15 is 0 Å². The third-order valence-electron chi connectivity index (χ3n) is 10.5. The van der Waals surface area contributed by atoms with Gasteiger partial charge in [0, 0.05) is 37.1 Å². The van der Waals surface area contributed by atoms with Gasteiger partial charge >= 0.3 is 0 Å². The molecule has 0 unspecified atom stereocenters. The summed E-state index contributed by atoms with van der Waals surface area (Å²) >= 11 is 1.86. The minimum atomic E-state index is 1.11. The van der Waals surface area contributed by atoms with E-state index in [9.17, 15) is 0 Å². The Hall–Kier alpha value is -6.74. The number of rotatable bonds is 7. The number of hydrogen-bond acceptors (Lipinski definition) is 2. The summed E-state index contributed by atoms with van der Waals surface area (Å²) in [5.74, 6) is 0. The standard InChI is InChI=1S/C52H35NS/c1-3-11-36(12-4-1)39-25-29-45(30-26-39)53(46-31-27-40(28-32-46)37-13-5-2-6-14-37)48-33-34-50-52(47-17-9-10-18-49(47)54-50)51(48)42-22-19-41(20-23-42)44-24-21-38-15-7-8-16-43(38)35-44/h1-35H. The fourth-order valence-electron chi connectivity index (χ4n) is 7.78. The van der Waals surface area contributed by atoms with Crippen LogP contribution in [0.2, 0.25) is 0 Å². The van der Waals surface area contributed by atoms with E-state index < -0.39 is 0 Å². The van der Waals surface area contributed by atoms with Gasteiger partial charge < -0.3 is 4.90 Å². The molecule has 0 amide bonds. The van der Waals surface area contributed by atoms with Crippen LogP contribution in [0.3, 0.4) is 0 Å². The fraction of sp³-hybridized carbons (Fsp3) is 0. The molecule has 10 aromatic rings. The molecule has 10 rings (SSSR count). The van der Waals surface area contributed by atoms with Gasteiger partial charge in [0.15, 0.2) is 0 Å². The first-order valence-electron chi connectivity index (χ1n) is 18.4. The SMILES string of the molecule is c1ccc(-c2ccc(N(c3ccc(-c4ccccc4)cc3)c3ccc4sc5ccccc5c4c3-c3ccc(-c4ccc5ccccc5c4)cc3)cc2)cc1. The Balaban J connectivity index is 1.17. The van der Waals surface area contributed by atoms with Crippen LogP contribution in [0, 0.1) is 0 Å². The zero-order valence-electron chi connectivity index (χ0n) is 29.6. The molecule has 0 saturated carbocycles. The highest BCUT2D eigenvalue weighted by molar-refractivity contribution is 7.26. The van der Waals surface area contributed by atoms with Crippen LogP contribution < -0.4 is 4.90 Å². The second-order valence-corrected chi connectivity index (χ2v) is 14.8. The van der Waals surface area contributed by atoms with Gasteiger partial charge in [-0.2, -0.15) is 0 Å². The smallest absolute Gasteiger partial charge is 0.0547 e. The van der Waals surface area contributed by atoms with Crippen molar-refractivity contribution in [1.82, 2.24) is 0 Å². The lowest BCUT2D eigenvalue weighted by Crippen LogP contribution is -2.11. The van der Waals surface area contributed by atoms with Crippen LogP contribution in [0.4, 0.5) is 17.1 Å². The maximum atomic E-state index is 2.43. The molecule has 0 aliphatic carbocycles. The maximum absolute atomic E-state index is 2.43. The molecule has 0 N–H and O–H groups in total. The van der Waals surface area contributed by atoms with Gasteiger partial charge in [0.1, 0.15) is 0 Å². The number of anilines is 3.